The topological polar surface area (TPSA) is 39.2 Å². The second-order valence-corrected chi connectivity index (χ2v) is 4.70. The van der Waals surface area contributed by atoms with Crippen molar-refractivity contribution in [1.82, 2.24) is 4.98 Å². The van der Waals surface area contributed by atoms with Crippen molar-refractivity contribution < 1.29 is 9.53 Å². The highest BCUT2D eigenvalue weighted by Crippen LogP contribution is 2.17. The molecule has 96 valence electrons. The Bertz CT molecular complexity index is 598. The summed E-state index contributed by atoms with van der Waals surface area (Å²) in [5, 5.41) is 2.82. The van der Waals surface area contributed by atoms with Gasteiger partial charge in [0.25, 0.3) is 0 Å². The molecule has 0 spiro atoms. The van der Waals surface area contributed by atoms with Crippen molar-refractivity contribution in [3.63, 3.8) is 0 Å². The van der Waals surface area contributed by atoms with Crippen LogP contribution in [0.4, 0.5) is 0 Å². The van der Waals surface area contributed by atoms with Crippen LogP contribution in [0.5, 0.6) is 0 Å². The van der Waals surface area contributed by atoms with E-state index in [4.69, 9.17) is 0 Å². The Hall–Kier alpha value is -2.20. The van der Waals surface area contributed by atoms with Gasteiger partial charge in [-0.25, -0.2) is 9.78 Å². The van der Waals surface area contributed by atoms with Gasteiger partial charge in [-0.15, -0.1) is 11.3 Å². The first kappa shape index (κ1) is 13.2. The molecule has 0 aliphatic heterocycles. The van der Waals surface area contributed by atoms with E-state index in [0.717, 1.165) is 16.1 Å². The summed E-state index contributed by atoms with van der Waals surface area (Å²) in [6.07, 6.45) is 5.60. The second-order valence-electron chi connectivity index (χ2n) is 3.81. The Morgan fingerprint density at radius 1 is 1.37 bits per heavy atom. The zero-order valence-electron chi connectivity index (χ0n) is 10.5. The molecule has 0 saturated heterocycles. The van der Waals surface area contributed by atoms with Crippen LogP contribution in [-0.4, -0.2) is 18.1 Å². The number of thiazole rings is 1. The standard InChI is InChI=1S/C15H13NO2S/c1-11(14-16-9-10-19-14)3-4-12-5-7-13(8-6-12)15(17)18-2/h3-10H,1H2,2H3/b4-3+. The summed E-state index contributed by atoms with van der Waals surface area (Å²) in [6.45, 7) is 3.96. The minimum atomic E-state index is -0.331. The van der Waals surface area contributed by atoms with Gasteiger partial charge in [0.05, 0.1) is 12.7 Å². The van der Waals surface area contributed by atoms with Crippen LogP contribution < -0.4 is 0 Å². The number of rotatable bonds is 4. The number of aromatic nitrogens is 1. The number of ether oxygens (including phenoxy) is 1. The van der Waals surface area contributed by atoms with Crippen LogP contribution >= 0.6 is 11.3 Å². The van der Waals surface area contributed by atoms with Gasteiger partial charge in [-0.2, -0.15) is 0 Å². The first-order valence-electron chi connectivity index (χ1n) is 5.66. The summed E-state index contributed by atoms with van der Waals surface area (Å²) in [6, 6.07) is 7.19. The Balaban J connectivity index is 2.07. The van der Waals surface area contributed by atoms with E-state index in [1.165, 1.54) is 7.11 Å². The molecule has 1 aromatic heterocycles. The molecule has 1 aromatic carbocycles. The van der Waals surface area contributed by atoms with Crippen molar-refractivity contribution in [2.45, 2.75) is 0 Å². The fraction of sp³-hybridized carbons (Fsp3) is 0.0667. The molecule has 0 fully saturated rings. The molecule has 2 aromatic rings. The van der Waals surface area contributed by atoms with Crippen LogP contribution in [0.25, 0.3) is 11.6 Å². The molecule has 0 aliphatic carbocycles. The number of esters is 1. The lowest BCUT2D eigenvalue weighted by atomic mass is 10.1. The third-order valence-electron chi connectivity index (χ3n) is 2.52. The number of methoxy groups -OCH3 is 1. The van der Waals surface area contributed by atoms with E-state index in [1.807, 2.05) is 29.7 Å². The Kier molecular flexibility index (Phi) is 4.26. The molecule has 0 N–H and O–H groups in total. The summed E-state index contributed by atoms with van der Waals surface area (Å²) in [7, 11) is 1.37. The van der Waals surface area contributed by atoms with E-state index in [9.17, 15) is 4.79 Å². The number of hydrogen-bond donors (Lipinski definition) is 0. The molecular weight excluding hydrogens is 258 g/mol. The van der Waals surface area contributed by atoms with Gasteiger partial charge in [0.15, 0.2) is 0 Å². The molecular formula is C15H13NO2S. The third-order valence-corrected chi connectivity index (χ3v) is 3.36. The van der Waals surface area contributed by atoms with Crippen LogP contribution in [0.15, 0.2) is 48.5 Å². The van der Waals surface area contributed by atoms with Crippen molar-refractivity contribution >= 4 is 29.0 Å². The van der Waals surface area contributed by atoms with Gasteiger partial charge in [0.2, 0.25) is 0 Å². The van der Waals surface area contributed by atoms with Gasteiger partial charge in [-0.3, -0.25) is 0 Å². The van der Waals surface area contributed by atoms with E-state index >= 15 is 0 Å². The number of carbonyl (C=O) groups is 1. The molecule has 4 heteroatoms. The highest BCUT2D eigenvalue weighted by molar-refractivity contribution is 7.10. The molecule has 3 nitrogen and oxygen atoms in total. The number of carbonyl (C=O) groups excluding carboxylic acids is 1. The van der Waals surface area contributed by atoms with Gasteiger partial charge in [0, 0.05) is 17.2 Å². The van der Waals surface area contributed by atoms with Gasteiger partial charge in [-0.1, -0.05) is 30.9 Å². The van der Waals surface area contributed by atoms with E-state index < -0.39 is 0 Å². The van der Waals surface area contributed by atoms with Crippen molar-refractivity contribution in [2.24, 2.45) is 0 Å². The van der Waals surface area contributed by atoms with E-state index in [0.29, 0.717) is 5.56 Å². The van der Waals surface area contributed by atoms with Crippen molar-refractivity contribution in [1.29, 1.82) is 0 Å². The van der Waals surface area contributed by atoms with Crippen LogP contribution in [0, 0.1) is 0 Å². The Morgan fingerprint density at radius 3 is 2.68 bits per heavy atom. The average molecular weight is 271 g/mol. The minimum absolute atomic E-state index is 0.331. The highest BCUT2D eigenvalue weighted by atomic mass is 32.1. The van der Waals surface area contributed by atoms with Gasteiger partial charge < -0.3 is 4.74 Å². The average Bonchev–Trinajstić information content (AvgIpc) is 2.98. The zero-order valence-corrected chi connectivity index (χ0v) is 11.3. The first-order chi connectivity index (χ1) is 9.20. The molecule has 1 heterocycles. The first-order valence-corrected chi connectivity index (χ1v) is 6.54. The largest absolute Gasteiger partial charge is 0.465 e. The zero-order chi connectivity index (χ0) is 13.7. The molecule has 0 unspecified atom stereocenters. The fourth-order valence-electron chi connectivity index (χ4n) is 1.50. The van der Waals surface area contributed by atoms with Crippen LogP contribution in [0.3, 0.4) is 0 Å². The smallest absolute Gasteiger partial charge is 0.337 e. The molecule has 0 aliphatic rings. The maximum Gasteiger partial charge on any atom is 0.337 e. The van der Waals surface area contributed by atoms with Crippen LogP contribution in [0.2, 0.25) is 0 Å². The van der Waals surface area contributed by atoms with Crippen LogP contribution in [-0.2, 0) is 4.74 Å². The Labute approximate surface area is 115 Å². The number of benzene rings is 1. The Morgan fingerprint density at radius 2 is 2.11 bits per heavy atom. The molecule has 0 atom stereocenters. The SMILES string of the molecule is C=C(/C=C/c1ccc(C(=O)OC)cc1)c1nccs1. The molecule has 0 radical (unpaired) electrons. The minimum Gasteiger partial charge on any atom is -0.465 e. The normalized spacial score (nSPS) is 10.6. The number of nitrogens with zero attached hydrogens (tertiary/aromatic N) is 1. The van der Waals surface area contributed by atoms with Crippen molar-refractivity contribution in [3.8, 4) is 0 Å². The molecule has 0 amide bonds. The quantitative estimate of drug-likeness (QED) is 0.629. The van der Waals surface area contributed by atoms with E-state index in [1.54, 1.807) is 29.7 Å². The van der Waals surface area contributed by atoms with Gasteiger partial charge in [0.1, 0.15) is 5.01 Å². The van der Waals surface area contributed by atoms with Crippen molar-refractivity contribution in [3.05, 3.63) is 64.6 Å². The van der Waals surface area contributed by atoms with E-state index in [2.05, 4.69) is 16.3 Å². The van der Waals surface area contributed by atoms with Crippen LogP contribution in [0.1, 0.15) is 20.9 Å². The van der Waals surface area contributed by atoms with Crippen molar-refractivity contribution in [2.75, 3.05) is 7.11 Å². The third kappa shape index (κ3) is 3.39. The van der Waals surface area contributed by atoms with Gasteiger partial charge >= 0.3 is 5.97 Å². The summed E-state index contributed by atoms with van der Waals surface area (Å²) >= 11 is 1.55. The number of hydrogen-bond acceptors (Lipinski definition) is 4. The predicted octanol–water partition coefficient (Wildman–Crippen LogP) is 3.66. The highest BCUT2D eigenvalue weighted by Gasteiger charge is 2.03. The molecule has 0 saturated carbocycles. The monoisotopic (exact) mass is 271 g/mol. The lowest BCUT2D eigenvalue weighted by molar-refractivity contribution is 0.0601. The van der Waals surface area contributed by atoms with Gasteiger partial charge in [-0.05, 0) is 17.7 Å². The maximum absolute atomic E-state index is 11.3. The molecule has 2 rings (SSSR count). The number of allylic oxidation sites excluding steroid dienone is 2. The summed E-state index contributed by atoms with van der Waals surface area (Å²) in [5.41, 5.74) is 2.40. The fourth-order valence-corrected chi connectivity index (χ4v) is 2.09. The summed E-state index contributed by atoms with van der Waals surface area (Å²) < 4.78 is 4.65. The lowest BCUT2D eigenvalue weighted by Gasteiger charge is -1.99. The summed E-state index contributed by atoms with van der Waals surface area (Å²) in [4.78, 5) is 15.5. The molecule has 19 heavy (non-hydrogen) atoms. The van der Waals surface area contributed by atoms with E-state index in [-0.39, 0.29) is 5.97 Å². The predicted molar refractivity (Wildman–Crippen MR) is 78.0 cm³/mol. The summed E-state index contributed by atoms with van der Waals surface area (Å²) in [5.74, 6) is -0.331. The maximum atomic E-state index is 11.3. The lowest BCUT2D eigenvalue weighted by Crippen LogP contribution is -2.00. The molecule has 0 bridgehead atoms. The second kappa shape index (κ2) is 6.11.